The smallest absolute Gasteiger partial charge is 0.277 e. The third-order valence-electron chi connectivity index (χ3n) is 3.72. The quantitative estimate of drug-likeness (QED) is 0.310. The number of halogens is 1. The van der Waals surface area contributed by atoms with E-state index in [1.807, 2.05) is 36.4 Å². The topological polar surface area (TPSA) is 59.9 Å². The maximum absolute atomic E-state index is 11.8. The Morgan fingerprint density at radius 2 is 1.89 bits per heavy atom. The van der Waals surface area contributed by atoms with E-state index < -0.39 is 0 Å². The Balaban J connectivity index is 1.68. The second-order valence-corrected chi connectivity index (χ2v) is 6.93. The van der Waals surface area contributed by atoms with Crippen molar-refractivity contribution >= 4 is 28.1 Å². The van der Waals surface area contributed by atoms with Gasteiger partial charge in [-0.25, -0.2) is 5.43 Å². The van der Waals surface area contributed by atoms with Gasteiger partial charge in [0, 0.05) is 4.47 Å². The Kier molecular flexibility index (Phi) is 9.41. The Hall–Kier alpha value is -2.34. The Morgan fingerprint density at radius 3 is 2.63 bits per heavy atom. The van der Waals surface area contributed by atoms with Crippen molar-refractivity contribution < 1.29 is 14.3 Å². The summed E-state index contributed by atoms with van der Waals surface area (Å²) >= 11 is 3.35. The molecule has 1 amide bonds. The summed E-state index contributed by atoms with van der Waals surface area (Å²) in [6, 6.07) is 14.9. The number of hydrogen-bond donors (Lipinski definition) is 1. The minimum atomic E-state index is -0.321. The van der Waals surface area contributed by atoms with Crippen LogP contribution in [-0.4, -0.2) is 25.3 Å². The lowest BCUT2D eigenvalue weighted by molar-refractivity contribution is -0.123. The van der Waals surface area contributed by atoms with Crippen LogP contribution in [0.15, 0.2) is 58.1 Å². The predicted molar refractivity (Wildman–Crippen MR) is 111 cm³/mol. The van der Waals surface area contributed by atoms with E-state index in [2.05, 4.69) is 33.4 Å². The number of ether oxygens (including phenoxy) is 2. The Bertz CT molecular complexity index is 732. The molecule has 0 aromatic heterocycles. The van der Waals surface area contributed by atoms with E-state index in [4.69, 9.17) is 9.47 Å². The van der Waals surface area contributed by atoms with Crippen molar-refractivity contribution in [3.05, 3.63) is 58.6 Å². The van der Waals surface area contributed by atoms with Gasteiger partial charge in [-0.05, 0) is 54.4 Å². The highest BCUT2D eigenvalue weighted by atomic mass is 79.9. The lowest BCUT2D eigenvalue weighted by Crippen LogP contribution is -2.24. The van der Waals surface area contributed by atoms with E-state index in [0.29, 0.717) is 5.75 Å². The minimum Gasteiger partial charge on any atom is -0.494 e. The highest BCUT2D eigenvalue weighted by Crippen LogP contribution is 2.17. The fourth-order valence-electron chi connectivity index (χ4n) is 2.29. The van der Waals surface area contributed by atoms with Crippen molar-refractivity contribution in [2.24, 2.45) is 5.10 Å². The third-order valence-corrected chi connectivity index (χ3v) is 4.21. The maximum atomic E-state index is 11.8. The number of unbranched alkanes of at least 4 members (excludes halogenated alkanes) is 3. The van der Waals surface area contributed by atoms with Gasteiger partial charge in [0.2, 0.25) is 0 Å². The van der Waals surface area contributed by atoms with Gasteiger partial charge in [-0.3, -0.25) is 4.79 Å². The van der Waals surface area contributed by atoms with Gasteiger partial charge in [0.25, 0.3) is 5.91 Å². The van der Waals surface area contributed by atoms with Crippen LogP contribution in [0.2, 0.25) is 0 Å². The molecule has 2 rings (SSSR count). The largest absolute Gasteiger partial charge is 0.494 e. The van der Waals surface area contributed by atoms with Crippen LogP contribution in [0.1, 0.15) is 38.2 Å². The summed E-state index contributed by atoms with van der Waals surface area (Å²) in [5.41, 5.74) is 3.32. The molecule has 1 N–H and O–H groups in total. The van der Waals surface area contributed by atoms with Gasteiger partial charge in [-0.1, -0.05) is 48.2 Å². The number of nitrogens with zero attached hydrogens (tertiary/aromatic N) is 1. The van der Waals surface area contributed by atoms with Crippen molar-refractivity contribution in [1.82, 2.24) is 5.43 Å². The fourth-order valence-corrected chi connectivity index (χ4v) is 2.66. The fraction of sp³-hybridized carbons (Fsp3) is 0.333. The first-order valence-corrected chi connectivity index (χ1v) is 9.90. The van der Waals surface area contributed by atoms with Crippen LogP contribution >= 0.6 is 15.9 Å². The van der Waals surface area contributed by atoms with Crippen molar-refractivity contribution in [2.45, 2.75) is 32.6 Å². The number of hydrazone groups is 1. The van der Waals surface area contributed by atoms with Crippen molar-refractivity contribution in [3.8, 4) is 11.5 Å². The number of carbonyl (C=O) groups excluding carboxylic acids is 1. The van der Waals surface area contributed by atoms with Crippen LogP contribution in [0.3, 0.4) is 0 Å². The molecule has 0 aliphatic carbocycles. The Labute approximate surface area is 168 Å². The molecular formula is C21H25BrN2O3. The molecule has 0 unspecified atom stereocenters. The summed E-state index contributed by atoms with van der Waals surface area (Å²) < 4.78 is 12.0. The molecule has 0 atom stereocenters. The van der Waals surface area contributed by atoms with E-state index in [1.54, 1.807) is 18.3 Å². The van der Waals surface area contributed by atoms with Gasteiger partial charge >= 0.3 is 0 Å². The van der Waals surface area contributed by atoms with Gasteiger partial charge < -0.3 is 9.47 Å². The molecule has 0 saturated heterocycles. The first-order valence-electron chi connectivity index (χ1n) is 9.10. The molecule has 6 heteroatoms. The molecule has 0 fully saturated rings. The number of carbonyl (C=O) groups is 1. The van der Waals surface area contributed by atoms with Crippen LogP contribution in [0.25, 0.3) is 0 Å². The van der Waals surface area contributed by atoms with Crippen molar-refractivity contribution in [3.63, 3.8) is 0 Å². The molecule has 2 aromatic rings. The van der Waals surface area contributed by atoms with Gasteiger partial charge in [0.1, 0.15) is 11.5 Å². The molecule has 0 spiro atoms. The summed E-state index contributed by atoms with van der Waals surface area (Å²) in [7, 11) is 0. The molecule has 2 aromatic carbocycles. The molecule has 0 bridgehead atoms. The first kappa shape index (κ1) is 21.0. The van der Waals surface area contributed by atoms with Crippen LogP contribution in [0.4, 0.5) is 0 Å². The Morgan fingerprint density at radius 1 is 1.07 bits per heavy atom. The van der Waals surface area contributed by atoms with E-state index in [9.17, 15) is 4.79 Å². The SMILES string of the molecule is CCCCCCOc1ccc(/C=N/NC(=O)COc2cccc(Br)c2)cc1. The van der Waals surface area contributed by atoms with Crippen molar-refractivity contribution in [2.75, 3.05) is 13.2 Å². The number of benzene rings is 2. The monoisotopic (exact) mass is 432 g/mol. The maximum Gasteiger partial charge on any atom is 0.277 e. The molecule has 0 saturated carbocycles. The van der Waals surface area contributed by atoms with E-state index in [0.717, 1.165) is 28.8 Å². The number of amides is 1. The van der Waals surface area contributed by atoms with Gasteiger partial charge in [-0.15, -0.1) is 0 Å². The third kappa shape index (κ3) is 8.73. The lowest BCUT2D eigenvalue weighted by Gasteiger charge is -2.06. The molecule has 0 aliphatic rings. The van der Waals surface area contributed by atoms with E-state index in [-0.39, 0.29) is 12.5 Å². The number of rotatable bonds is 11. The van der Waals surface area contributed by atoms with Crippen LogP contribution in [-0.2, 0) is 4.79 Å². The van der Waals surface area contributed by atoms with E-state index >= 15 is 0 Å². The highest BCUT2D eigenvalue weighted by Gasteiger charge is 2.01. The van der Waals surface area contributed by atoms with Gasteiger partial charge in [0.05, 0.1) is 12.8 Å². The summed E-state index contributed by atoms with van der Waals surface area (Å²) in [6.45, 7) is 2.83. The summed E-state index contributed by atoms with van der Waals surface area (Å²) in [6.07, 6.45) is 6.33. The zero-order valence-electron chi connectivity index (χ0n) is 15.5. The molecule has 5 nitrogen and oxygen atoms in total. The first-order chi connectivity index (χ1) is 13.2. The predicted octanol–water partition coefficient (Wildman–Crippen LogP) is 4.94. The molecule has 0 aliphatic heterocycles. The summed E-state index contributed by atoms with van der Waals surface area (Å²) in [5, 5.41) is 3.94. The summed E-state index contributed by atoms with van der Waals surface area (Å²) in [4.78, 5) is 11.8. The molecule has 0 heterocycles. The molecule has 144 valence electrons. The zero-order valence-corrected chi connectivity index (χ0v) is 17.1. The van der Waals surface area contributed by atoms with Crippen molar-refractivity contribution in [1.29, 1.82) is 0 Å². The lowest BCUT2D eigenvalue weighted by atomic mass is 10.2. The van der Waals surface area contributed by atoms with E-state index in [1.165, 1.54) is 19.3 Å². The number of hydrogen-bond acceptors (Lipinski definition) is 4. The summed E-state index contributed by atoms with van der Waals surface area (Å²) in [5.74, 6) is 1.14. The van der Waals surface area contributed by atoms with Gasteiger partial charge in [0.15, 0.2) is 6.61 Å². The second kappa shape index (κ2) is 12.1. The average Bonchev–Trinajstić information content (AvgIpc) is 2.67. The molecule has 0 radical (unpaired) electrons. The zero-order chi connectivity index (χ0) is 19.3. The normalized spacial score (nSPS) is 10.7. The minimum absolute atomic E-state index is 0.0986. The second-order valence-electron chi connectivity index (χ2n) is 6.02. The molecular weight excluding hydrogens is 408 g/mol. The molecule has 27 heavy (non-hydrogen) atoms. The average molecular weight is 433 g/mol. The van der Waals surface area contributed by atoms with Crippen LogP contribution < -0.4 is 14.9 Å². The van der Waals surface area contributed by atoms with Gasteiger partial charge in [-0.2, -0.15) is 5.10 Å². The van der Waals surface area contributed by atoms with Crippen LogP contribution in [0, 0.1) is 0 Å². The van der Waals surface area contributed by atoms with Crippen LogP contribution in [0.5, 0.6) is 11.5 Å². The highest BCUT2D eigenvalue weighted by molar-refractivity contribution is 9.10. The number of nitrogens with one attached hydrogen (secondary N) is 1. The standard InChI is InChI=1S/C21H25BrN2O3/c1-2-3-4-5-13-26-19-11-9-17(10-12-19)15-23-24-21(25)16-27-20-8-6-7-18(22)14-20/h6-12,14-15H,2-5,13,16H2,1H3,(H,24,25)/b23-15+.